The Morgan fingerprint density at radius 1 is 1.07 bits per heavy atom. The first-order valence-corrected chi connectivity index (χ1v) is 14.2. The van der Waals surface area contributed by atoms with Crippen LogP contribution in [0.4, 0.5) is 17.1 Å². The van der Waals surface area contributed by atoms with Crippen LogP contribution >= 0.6 is 11.6 Å². The number of nitrogens with zero attached hydrogens (tertiary/aromatic N) is 2. The highest BCUT2D eigenvalue weighted by Gasteiger charge is 2.38. The molecule has 0 saturated carbocycles. The van der Waals surface area contributed by atoms with Crippen molar-refractivity contribution < 1.29 is 33.9 Å². The molecule has 1 unspecified atom stereocenters. The van der Waals surface area contributed by atoms with Crippen LogP contribution in [0.3, 0.4) is 0 Å². The van der Waals surface area contributed by atoms with Crippen LogP contribution in [0.2, 0.25) is 5.02 Å². The molecule has 3 aromatic rings. The van der Waals surface area contributed by atoms with E-state index in [2.05, 4.69) is 16.0 Å². The Morgan fingerprint density at radius 2 is 1.76 bits per heavy atom. The second-order valence-electron chi connectivity index (χ2n) is 10.1. The van der Waals surface area contributed by atoms with Gasteiger partial charge in [-0.3, -0.25) is 29.3 Å². The van der Waals surface area contributed by atoms with Crippen molar-refractivity contribution in [1.82, 2.24) is 4.90 Å². The largest absolute Gasteiger partial charge is 0.481 e. The number of carboxylic acid groups (broad SMARTS) is 1. The summed E-state index contributed by atoms with van der Waals surface area (Å²) < 4.78 is 5.49. The van der Waals surface area contributed by atoms with E-state index in [1.54, 1.807) is 61.5 Å². The zero-order valence-electron chi connectivity index (χ0n) is 24.3. The third-order valence-corrected chi connectivity index (χ3v) is 7.10. The van der Waals surface area contributed by atoms with Gasteiger partial charge in [0.15, 0.2) is 11.6 Å². The summed E-state index contributed by atoms with van der Waals surface area (Å²) in [6, 6.07) is 15.3. The molecule has 0 bridgehead atoms. The summed E-state index contributed by atoms with van der Waals surface area (Å²) in [5.41, 5.74) is 2.77. The zero-order valence-corrected chi connectivity index (χ0v) is 25.1. The molecule has 234 valence electrons. The fourth-order valence-corrected chi connectivity index (χ4v) is 4.91. The standard InChI is InChI=1S/C31H30ClN5O8/c1-3-28(41)45-30-19(7-14-27(39)40)5-4-6-25(30)35-31(42)29-24-13-12-23(15-20(24)16-36(29)18(2)38)34-26(17-37(43)44)33-22-10-8-21(32)9-11-22/h4-6,8-13,15,17,29,33-34H,3,7,14,16H2,1-2H3,(H,35,42)(H,39,40). The number of benzene rings is 3. The number of nitrogens with one attached hydrogen (secondary N) is 3. The lowest BCUT2D eigenvalue weighted by Gasteiger charge is -2.24. The number of halogens is 1. The summed E-state index contributed by atoms with van der Waals surface area (Å²) in [6.07, 6.45) is 0.672. The lowest BCUT2D eigenvalue weighted by molar-refractivity contribution is -0.403. The second kappa shape index (κ2) is 14.4. The number of anilines is 3. The van der Waals surface area contributed by atoms with E-state index in [4.69, 9.17) is 21.4 Å². The molecule has 13 nitrogen and oxygen atoms in total. The number of hydrogen-bond donors (Lipinski definition) is 4. The molecule has 45 heavy (non-hydrogen) atoms. The van der Waals surface area contributed by atoms with Crippen LogP contribution in [-0.2, 0) is 32.1 Å². The molecule has 0 fully saturated rings. The van der Waals surface area contributed by atoms with Crippen LogP contribution in [0, 0.1) is 10.1 Å². The van der Waals surface area contributed by atoms with E-state index in [0.717, 1.165) is 6.20 Å². The second-order valence-corrected chi connectivity index (χ2v) is 10.5. The van der Waals surface area contributed by atoms with E-state index >= 15 is 0 Å². The Balaban J connectivity index is 1.61. The molecule has 1 atom stereocenters. The highest BCUT2D eigenvalue weighted by Crippen LogP contribution is 2.38. The maximum atomic E-state index is 13.7. The van der Waals surface area contributed by atoms with Gasteiger partial charge in [-0.05, 0) is 65.6 Å². The number of carboxylic acids is 1. The van der Waals surface area contributed by atoms with E-state index in [0.29, 0.717) is 33.1 Å². The van der Waals surface area contributed by atoms with Gasteiger partial charge in [0.25, 0.3) is 12.1 Å². The van der Waals surface area contributed by atoms with Gasteiger partial charge in [0.1, 0.15) is 6.04 Å². The van der Waals surface area contributed by atoms with Crippen molar-refractivity contribution in [3.05, 3.63) is 105 Å². The molecule has 0 spiro atoms. The van der Waals surface area contributed by atoms with E-state index in [9.17, 15) is 29.3 Å². The van der Waals surface area contributed by atoms with E-state index < -0.39 is 28.8 Å². The number of hydrogen-bond acceptors (Lipinski definition) is 9. The maximum Gasteiger partial charge on any atom is 0.310 e. The zero-order chi connectivity index (χ0) is 32.7. The number of aryl methyl sites for hydroxylation is 1. The summed E-state index contributed by atoms with van der Waals surface area (Å²) in [5, 5.41) is 29.6. The minimum Gasteiger partial charge on any atom is -0.481 e. The fourth-order valence-electron chi connectivity index (χ4n) is 4.78. The average Bonchev–Trinajstić information content (AvgIpc) is 3.37. The van der Waals surface area contributed by atoms with Gasteiger partial charge >= 0.3 is 11.9 Å². The van der Waals surface area contributed by atoms with Crippen molar-refractivity contribution in [2.24, 2.45) is 0 Å². The quantitative estimate of drug-likeness (QED) is 0.0881. The fraction of sp³-hybridized carbons (Fsp3) is 0.226. The van der Waals surface area contributed by atoms with Gasteiger partial charge in [0.2, 0.25) is 5.91 Å². The number of carbonyl (C=O) groups is 4. The molecule has 0 saturated heterocycles. The van der Waals surface area contributed by atoms with Gasteiger partial charge in [-0.25, -0.2) is 0 Å². The van der Waals surface area contributed by atoms with Crippen molar-refractivity contribution in [2.75, 3.05) is 16.0 Å². The topological polar surface area (TPSA) is 180 Å². The van der Waals surface area contributed by atoms with Crippen molar-refractivity contribution in [1.29, 1.82) is 0 Å². The number of ether oxygens (including phenoxy) is 1. The third-order valence-electron chi connectivity index (χ3n) is 6.85. The Kier molecular flexibility index (Phi) is 10.4. The molecule has 3 aromatic carbocycles. The number of esters is 1. The summed E-state index contributed by atoms with van der Waals surface area (Å²) in [5.74, 6) is -2.44. The summed E-state index contributed by atoms with van der Waals surface area (Å²) in [6.45, 7) is 3.03. The van der Waals surface area contributed by atoms with Gasteiger partial charge < -0.3 is 30.7 Å². The number of rotatable bonds is 12. The number of para-hydroxylation sites is 1. The van der Waals surface area contributed by atoms with E-state index in [1.807, 2.05) is 0 Å². The summed E-state index contributed by atoms with van der Waals surface area (Å²) >= 11 is 5.93. The van der Waals surface area contributed by atoms with E-state index in [-0.39, 0.29) is 49.0 Å². The average molecular weight is 636 g/mol. The van der Waals surface area contributed by atoms with Crippen LogP contribution in [0.1, 0.15) is 49.4 Å². The number of nitro groups is 1. The van der Waals surface area contributed by atoms with E-state index in [1.165, 1.54) is 17.9 Å². The Labute approximate surface area is 263 Å². The molecule has 14 heteroatoms. The van der Waals surface area contributed by atoms with Crippen LogP contribution < -0.4 is 20.7 Å². The summed E-state index contributed by atoms with van der Waals surface area (Å²) in [4.78, 5) is 61.8. The smallest absolute Gasteiger partial charge is 0.310 e. The molecule has 2 amide bonds. The lowest BCUT2D eigenvalue weighted by Crippen LogP contribution is -2.35. The molecule has 0 aromatic heterocycles. The molecule has 4 N–H and O–H groups in total. The first-order valence-electron chi connectivity index (χ1n) is 13.8. The van der Waals surface area contributed by atoms with Gasteiger partial charge in [-0.1, -0.05) is 36.7 Å². The predicted molar refractivity (Wildman–Crippen MR) is 166 cm³/mol. The van der Waals surface area contributed by atoms with Gasteiger partial charge in [-0.2, -0.15) is 0 Å². The predicted octanol–water partition coefficient (Wildman–Crippen LogP) is 5.31. The van der Waals surface area contributed by atoms with Crippen molar-refractivity contribution >= 4 is 52.4 Å². The SMILES string of the molecule is CCC(=O)Oc1c(CCC(=O)O)cccc1NC(=O)C1c2ccc(NC(=C[N+](=O)[O-])Nc3ccc(Cl)cc3)cc2CN1C(C)=O. The lowest BCUT2D eigenvalue weighted by atomic mass is 10.0. The molecule has 0 aliphatic carbocycles. The molecular formula is C31H30ClN5O8. The monoisotopic (exact) mass is 635 g/mol. The normalized spacial score (nSPS) is 13.9. The first kappa shape index (κ1) is 32.5. The molecule has 1 heterocycles. The van der Waals surface area contributed by atoms with Crippen molar-refractivity contribution in [2.45, 2.75) is 45.7 Å². The number of carbonyl (C=O) groups excluding carboxylic acids is 3. The van der Waals surface area contributed by atoms with Crippen molar-refractivity contribution in [3.8, 4) is 5.75 Å². The molecule has 4 rings (SSSR count). The van der Waals surface area contributed by atoms with Crippen LogP contribution in [-0.4, -0.2) is 38.7 Å². The number of aliphatic carboxylic acids is 1. The highest BCUT2D eigenvalue weighted by molar-refractivity contribution is 6.30. The van der Waals surface area contributed by atoms with Crippen LogP contribution in [0.15, 0.2) is 72.7 Å². The number of fused-ring (bicyclic) bond motifs is 1. The van der Waals surface area contributed by atoms with Crippen LogP contribution in [0.25, 0.3) is 0 Å². The Bertz CT molecular complexity index is 1670. The van der Waals surface area contributed by atoms with Crippen LogP contribution in [0.5, 0.6) is 5.75 Å². The third kappa shape index (κ3) is 8.36. The maximum absolute atomic E-state index is 13.7. The first-order chi connectivity index (χ1) is 21.4. The molecule has 0 radical (unpaired) electrons. The Morgan fingerprint density at radius 3 is 2.40 bits per heavy atom. The van der Waals surface area contributed by atoms with Gasteiger partial charge in [0.05, 0.1) is 10.6 Å². The summed E-state index contributed by atoms with van der Waals surface area (Å²) in [7, 11) is 0. The minimum atomic E-state index is -1.04. The number of amides is 2. The molecule has 1 aliphatic rings. The van der Waals surface area contributed by atoms with Gasteiger partial charge in [-0.15, -0.1) is 0 Å². The molecular weight excluding hydrogens is 606 g/mol. The molecule has 1 aliphatic heterocycles. The highest BCUT2D eigenvalue weighted by atomic mass is 35.5. The Hall–Kier alpha value is -5.43. The minimum absolute atomic E-state index is 0.0457. The van der Waals surface area contributed by atoms with Gasteiger partial charge in [0, 0.05) is 42.7 Å². The van der Waals surface area contributed by atoms with Crippen molar-refractivity contribution in [3.63, 3.8) is 0 Å².